The van der Waals surface area contributed by atoms with Gasteiger partial charge in [0.1, 0.15) is 0 Å². The number of piperidine rings is 1. The summed E-state index contributed by atoms with van der Waals surface area (Å²) >= 11 is 0. The summed E-state index contributed by atoms with van der Waals surface area (Å²) in [4.78, 5) is 9.38. The molecule has 0 saturated carbocycles. The lowest BCUT2D eigenvalue weighted by atomic mass is 9.97. The molecule has 0 aromatic heterocycles. The van der Waals surface area contributed by atoms with Gasteiger partial charge in [0.15, 0.2) is 17.5 Å². The van der Waals surface area contributed by atoms with Gasteiger partial charge in [0.05, 0.1) is 6.54 Å². The number of nitrogens with zero attached hydrogens (tertiary/aromatic N) is 3. The van der Waals surface area contributed by atoms with E-state index < -0.39 is 0 Å². The smallest absolute Gasteiger partial charge is 0.231 e. The standard InChI is InChI=1S/C25H34N4O3.HI/c1-3-26-25(28(2)16-21-6-9-23-24(14-21)32-18-31-23)27-15-19-4-7-22(8-5-19)29-12-10-20(17-30)11-13-29;/h4-9,14,20,30H,3,10-13,15-18H2,1-2H3,(H,26,27);1H. The third-order valence-corrected chi connectivity index (χ3v) is 6.14. The summed E-state index contributed by atoms with van der Waals surface area (Å²) < 4.78 is 10.9. The van der Waals surface area contributed by atoms with E-state index in [2.05, 4.69) is 52.4 Å². The Labute approximate surface area is 213 Å². The minimum atomic E-state index is 0. The topological polar surface area (TPSA) is 69.6 Å². The molecule has 2 aliphatic rings. The van der Waals surface area contributed by atoms with E-state index in [0.29, 0.717) is 25.9 Å². The lowest BCUT2D eigenvalue weighted by Gasteiger charge is -2.32. The number of ether oxygens (including phenoxy) is 2. The number of nitrogens with one attached hydrogen (secondary N) is 1. The van der Waals surface area contributed by atoms with E-state index in [4.69, 9.17) is 14.5 Å². The molecule has 2 aromatic rings. The number of benzene rings is 2. The molecule has 0 unspecified atom stereocenters. The molecule has 2 heterocycles. The van der Waals surface area contributed by atoms with Gasteiger partial charge in [-0.2, -0.15) is 0 Å². The van der Waals surface area contributed by atoms with Crippen LogP contribution in [0.25, 0.3) is 0 Å². The van der Waals surface area contributed by atoms with Crippen LogP contribution in [0.15, 0.2) is 47.5 Å². The average molecular weight is 566 g/mol. The van der Waals surface area contributed by atoms with Crippen LogP contribution in [0.4, 0.5) is 5.69 Å². The summed E-state index contributed by atoms with van der Waals surface area (Å²) in [5.74, 6) is 2.94. The first-order chi connectivity index (χ1) is 15.7. The molecule has 0 aliphatic carbocycles. The number of fused-ring (bicyclic) bond motifs is 1. The third kappa shape index (κ3) is 6.66. The van der Waals surface area contributed by atoms with Gasteiger partial charge in [-0.1, -0.05) is 18.2 Å². The van der Waals surface area contributed by atoms with Gasteiger partial charge in [-0.05, 0) is 61.1 Å². The normalized spacial score (nSPS) is 15.8. The molecule has 33 heavy (non-hydrogen) atoms. The summed E-state index contributed by atoms with van der Waals surface area (Å²) in [7, 11) is 2.05. The van der Waals surface area contributed by atoms with Gasteiger partial charge in [0.25, 0.3) is 0 Å². The van der Waals surface area contributed by atoms with Gasteiger partial charge in [-0.3, -0.25) is 0 Å². The van der Waals surface area contributed by atoms with E-state index >= 15 is 0 Å². The first kappa shape index (κ1) is 25.4. The van der Waals surface area contributed by atoms with Crippen molar-refractivity contribution < 1.29 is 14.6 Å². The van der Waals surface area contributed by atoms with Crippen molar-refractivity contribution in [1.29, 1.82) is 0 Å². The van der Waals surface area contributed by atoms with E-state index in [1.165, 1.54) is 11.3 Å². The fourth-order valence-electron chi connectivity index (χ4n) is 4.21. The average Bonchev–Trinajstić information content (AvgIpc) is 3.30. The van der Waals surface area contributed by atoms with Crippen LogP contribution < -0.4 is 19.7 Å². The SMILES string of the molecule is CCNC(=NCc1ccc(N2CCC(CO)CC2)cc1)N(C)Cc1ccc2c(c1)OCO2.I. The summed E-state index contributed by atoms with van der Waals surface area (Å²) in [6, 6.07) is 14.8. The molecular formula is C25H35IN4O3. The summed E-state index contributed by atoms with van der Waals surface area (Å²) in [6.45, 7) is 6.87. The van der Waals surface area contributed by atoms with Crippen molar-refractivity contribution in [2.75, 3.05) is 45.0 Å². The number of halogens is 1. The largest absolute Gasteiger partial charge is 0.454 e. The second-order valence-electron chi connectivity index (χ2n) is 8.49. The maximum Gasteiger partial charge on any atom is 0.231 e. The van der Waals surface area contributed by atoms with Crippen LogP contribution in [-0.2, 0) is 13.1 Å². The van der Waals surface area contributed by atoms with E-state index in [1.54, 1.807) is 0 Å². The second kappa shape index (κ2) is 12.3. The highest BCUT2D eigenvalue weighted by molar-refractivity contribution is 14.0. The number of aliphatic imine (C=N–C) groups is 1. The Balaban J connectivity index is 0.00000306. The lowest BCUT2D eigenvalue weighted by Crippen LogP contribution is -2.38. The first-order valence-electron chi connectivity index (χ1n) is 11.5. The van der Waals surface area contributed by atoms with Crippen LogP contribution in [-0.4, -0.2) is 56.0 Å². The molecule has 7 nitrogen and oxygen atoms in total. The first-order valence-corrected chi connectivity index (χ1v) is 11.5. The molecule has 8 heteroatoms. The van der Waals surface area contributed by atoms with Crippen LogP contribution in [0.1, 0.15) is 30.9 Å². The molecule has 2 N–H and O–H groups in total. The molecule has 1 saturated heterocycles. The Morgan fingerprint density at radius 2 is 1.79 bits per heavy atom. The zero-order valence-corrected chi connectivity index (χ0v) is 21.8. The van der Waals surface area contributed by atoms with Crippen molar-refractivity contribution in [2.45, 2.75) is 32.9 Å². The van der Waals surface area contributed by atoms with E-state index in [9.17, 15) is 5.11 Å². The van der Waals surface area contributed by atoms with Gasteiger partial charge < -0.3 is 29.7 Å². The van der Waals surface area contributed by atoms with E-state index in [1.807, 2.05) is 19.2 Å². The molecule has 0 spiro atoms. The van der Waals surface area contributed by atoms with Gasteiger partial charge in [0, 0.05) is 45.5 Å². The Morgan fingerprint density at radius 1 is 1.09 bits per heavy atom. The second-order valence-corrected chi connectivity index (χ2v) is 8.49. The molecule has 0 radical (unpaired) electrons. The molecule has 0 atom stereocenters. The predicted octanol–water partition coefficient (Wildman–Crippen LogP) is 3.84. The maximum absolute atomic E-state index is 9.33. The number of hydrogen-bond acceptors (Lipinski definition) is 5. The van der Waals surface area contributed by atoms with Crippen LogP contribution in [0.2, 0.25) is 0 Å². The lowest BCUT2D eigenvalue weighted by molar-refractivity contribution is 0.174. The number of aliphatic hydroxyl groups is 1. The molecule has 2 aromatic carbocycles. The summed E-state index contributed by atoms with van der Waals surface area (Å²) in [5, 5.41) is 12.7. The van der Waals surface area contributed by atoms with Crippen molar-refractivity contribution in [3.63, 3.8) is 0 Å². The monoisotopic (exact) mass is 566 g/mol. The Bertz CT molecular complexity index is 914. The predicted molar refractivity (Wildman–Crippen MR) is 143 cm³/mol. The van der Waals surface area contributed by atoms with E-state index in [0.717, 1.165) is 62.0 Å². The van der Waals surface area contributed by atoms with Gasteiger partial charge >= 0.3 is 0 Å². The van der Waals surface area contributed by atoms with Crippen LogP contribution in [0, 0.1) is 5.92 Å². The molecular weight excluding hydrogens is 531 g/mol. The summed E-state index contributed by atoms with van der Waals surface area (Å²) in [5.41, 5.74) is 3.59. The molecule has 1 fully saturated rings. The minimum absolute atomic E-state index is 0. The van der Waals surface area contributed by atoms with Crippen molar-refractivity contribution in [1.82, 2.24) is 10.2 Å². The molecule has 0 amide bonds. The highest BCUT2D eigenvalue weighted by Crippen LogP contribution is 2.32. The molecule has 180 valence electrons. The van der Waals surface area contributed by atoms with Gasteiger partial charge in [-0.15, -0.1) is 24.0 Å². The van der Waals surface area contributed by atoms with Crippen molar-refractivity contribution in [3.05, 3.63) is 53.6 Å². The zero-order valence-electron chi connectivity index (χ0n) is 19.5. The number of guanidine groups is 1. The van der Waals surface area contributed by atoms with Crippen molar-refractivity contribution in [3.8, 4) is 11.5 Å². The summed E-state index contributed by atoms with van der Waals surface area (Å²) in [6.07, 6.45) is 2.12. The van der Waals surface area contributed by atoms with Crippen LogP contribution >= 0.6 is 24.0 Å². The van der Waals surface area contributed by atoms with Crippen molar-refractivity contribution >= 4 is 35.6 Å². The molecule has 4 rings (SSSR count). The highest BCUT2D eigenvalue weighted by atomic mass is 127. The zero-order chi connectivity index (χ0) is 22.3. The quantitative estimate of drug-likeness (QED) is 0.302. The molecule has 0 bridgehead atoms. The number of aliphatic hydroxyl groups excluding tert-OH is 1. The van der Waals surface area contributed by atoms with Gasteiger partial charge in [-0.25, -0.2) is 4.99 Å². The van der Waals surface area contributed by atoms with Crippen LogP contribution in [0.3, 0.4) is 0 Å². The number of hydrogen-bond donors (Lipinski definition) is 2. The molecule has 2 aliphatic heterocycles. The Morgan fingerprint density at radius 3 is 2.48 bits per heavy atom. The fraction of sp³-hybridized carbons (Fsp3) is 0.480. The third-order valence-electron chi connectivity index (χ3n) is 6.14. The van der Waals surface area contributed by atoms with Gasteiger partial charge in [0.2, 0.25) is 6.79 Å². The Hall–Kier alpha value is -2.20. The number of rotatable bonds is 7. The maximum atomic E-state index is 9.33. The van der Waals surface area contributed by atoms with Crippen molar-refractivity contribution in [2.24, 2.45) is 10.9 Å². The number of anilines is 1. The van der Waals surface area contributed by atoms with Crippen LogP contribution in [0.5, 0.6) is 11.5 Å². The fourth-order valence-corrected chi connectivity index (χ4v) is 4.21. The highest BCUT2D eigenvalue weighted by Gasteiger charge is 2.18. The van der Waals surface area contributed by atoms with E-state index in [-0.39, 0.29) is 24.0 Å². The Kier molecular flexibility index (Phi) is 9.49. The minimum Gasteiger partial charge on any atom is -0.454 e.